The molecule has 0 aromatic heterocycles. The largest absolute Gasteiger partial charge is 0.480 e. The van der Waals surface area contributed by atoms with Crippen molar-refractivity contribution < 1.29 is 9.90 Å². The number of carbonyl (C=O) groups is 1. The van der Waals surface area contributed by atoms with E-state index in [0.717, 1.165) is 11.1 Å². The summed E-state index contributed by atoms with van der Waals surface area (Å²) in [6.45, 7) is 6.17. The second-order valence-corrected chi connectivity index (χ2v) is 9.70. The Morgan fingerprint density at radius 1 is 1.17 bits per heavy atom. The van der Waals surface area contributed by atoms with Crippen LogP contribution in [0.5, 0.6) is 0 Å². The quantitative estimate of drug-likeness (QED) is 0.661. The van der Waals surface area contributed by atoms with Gasteiger partial charge in [-0.25, -0.2) is 0 Å². The molecule has 1 fully saturated rings. The number of carboxylic acids is 1. The monoisotopic (exact) mass is 430 g/mol. The molecule has 0 aliphatic carbocycles. The van der Waals surface area contributed by atoms with E-state index in [1.165, 1.54) is 0 Å². The third kappa shape index (κ3) is 4.14. The van der Waals surface area contributed by atoms with Crippen molar-refractivity contribution in [3.63, 3.8) is 0 Å². The van der Waals surface area contributed by atoms with Crippen LogP contribution < -0.4 is 5.32 Å². The van der Waals surface area contributed by atoms with Gasteiger partial charge in [0.2, 0.25) is 0 Å². The van der Waals surface area contributed by atoms with Gasteiger partial charge in [0.25, 0.3) is 0 Å². The fraction of sp³-hybridized carbons (Fsp3) is 0.391. The minimum Gasteiger partial charge on any atom is -0.480 e. The second kappa shape index (κ2) is 7.99. The van der Waals surface area contributed by atoms with Gasteiger partial charge in [-0.3, -0.25) is 10.1 Å². The lowest BCUT2D eigenvalue weighted by atomic mass is 9.62. The molecular formula is C23H24Cl2N2O2. The standard InChI is InChI=1S/C23H24Cl2N2O2/c1-22(2,3)12-18-19(21(28)29)27-20(14-5-4-6-17(25)11-14)23(18,13-26)15-7-9-16(24)10-8-15/h4-11,18-20,27H,12H2,1-3H3,(H,28,29). The van der Waals surface area contributed by atoms with Crippen LogP contribution >= 0.6 is 23.2 Å². The van der Waals surface area contributed by atoms with Gasteiger partial charge < -0.3 is 5.11 Å². The van der Waals surface area contributed by atoms with E-state index in [4.69, 9.17) is 23.2 Å². The van der Waals surface area contributed by atoms with Crippen LogP contribution in [0.15, 0.2) is 48.5 Å². The van der Waals surface area contributed by atoms with Crippen LogP contribution in [0.25, 0.3) is 0 Å². The molecule has 0 radical (unpaired) electrons. The first-order valence-electron chi connectivity index (χ1n) is 9.50. The minimum atomic E-state index is -1.09. The van der Waals surface area contributed by atoms with Gasteiger partial charge in [-0.15, -0.1) is 0 Å². The third-order valence-electron chi connectivity index (χ3n) is 5.58. The fourth-order valence-electron chi connectivity index (χ4n) is 4.45. The highest BCUT2D eigenvalue weighted by Gasteiger charge is 2.59. The molecule has 29 heavy (non-hydrogen) atoms. The Bertz CT molecular complexity index is 947. The number of carboxylic acid groups (broad SMARTS) is 1. The molecule has 2 aromatic carbocycles. The molecule has 1 saturated heterocycles. The van der Waals surface area contributed by atoms with E-state index >= 15 is 0 Å². The number of hydrogen-bond acceptors (Lipinski definition) is 3. The van der Waals surface area contributed by atoms with Crippen molar-refractivity contribution in [2.24, 2.45) is 11.3 Å². The van der Waals surface area contributed by atoms with Crippen LogP contribution in [0.4, 0.5) is 0 Å². The van der Waals surface area contributed by atoms with Crippen molar-refractivity contribution in [2.45, 2.75) is 44.7 Å². The lowest BCUT2D eigenvalue weighted by Crippen LogP contribution is -2.41. The molecule has 2 aromatic rings. The molecule has 0 saturated carbocycles. The fourth-order valence-corrected chi connectivity index (χ4v) is 4.77. The van der Waals surface area contributed by atoms with Crippen LogP contribution in [-0.4, -0.2) is 17.1 Å². The molecule has 3 rings (SSSR count). The summed E-state index contributed by atoms with van der Waals surface area (Å²) in [7, 11) is 0. The molecular weight excluding hydrogens is 407 g/mol. The molecule has 0 spiro atoms. The molecule has 1 heterocycles. The van der Waals surface area contributed by atoms with Gasteiger partial charge in [0.1, 0.15) is 11.5 Å². The summed E-state index contributed by atoms with van der Waals surface area (Å²) in [6.07, 6.45) is 0.560. The average molecular weight is 431 g/mol. The summed E-state index contributed by atoms with van der Waals surface area (Å²) in [6, 6.07) is 15.5. The summed E-state index contributed by atoms with van der Waals surface area (Å²) >= 11 is 12.3. The maximum Gasteiger partial charge on any atom is 0.321 e. The van der Waals surface area contributed by atoms with Crippen LogP contribution in [0.2, 0.25) is 10.0 Å². The molecule has 1 aliphatic heterocycles. The van der Waals surface area contributed by atoms with Gasteiger partial charge >= 0.3 is 5.97 Å². The first-order chi connectivity index (χ1) is 13.6. The highest BCUT2D eigenvalue weighted by Crippen LogP contribution is 2.53. The van der Waals surface area contributed by atoms with Crippen molar-refractivity contribution in [1.29, 1.82) is 5.26 Å². The smallest absolute Gasteiger partial charge is 0.321 e. The zero-order valence-electron chi connectivity index (χ0n) is 16.6. The van der Waals surface area contributed by atoms with Crippen molar-refractivity contribution in [3.05, 3.63) is 69.7 Å². The van der Waals surface area contributed by atoms with Crippen LogP contribution in [0.3, 0.4) is 0 Å². The summed E-state index contributed by atoms with van der Waals surface area (Å²) in [4.78, 5) is 12.2. The summed E-state index contributed by atoms with van der Waals surface area (Å²) in [5.41, 5.74) is 0.278. The van der Waals surface area contributed by atoms with Crippen molar-refractivity contribution >= 4 is 29.2 Å². The molecule has 0 bridgehead atoms. The van der Waals surface area contributed by atoms with Gasteiger partial charge in [0.05, 0.1) is 12.1 Å². The first-order valence-corrected chi connectivity index (χ1v) is 10.3. The van der Waals surface area contributed by atoms with Crippen molar-refractivity contribution in [2.75, 3.05) is 0 Å². The van der Waals surface area contributed by atoms with Gasteiger partial charge in [-0.2, -0.15) is 5.26 Å². The summed E-state index contributed by atoms with van der Waals surface area (Å²) < 4.78 is 0. The number of halogens is 2. The van der Waals surface area contributed by atoms with Crippen LogP contribution in [-0.2, 0) is 10.2 Å². The number of rotatable bonds is 4. The molecule has 6 heteroatoms. The number of benzene rings is 2. The molecule has 2 N–H and O–H groups in total. The summed E-state index contributed by atoms with van der Waals surface area (Å²) in [5, 5.41) is 24.9. The SMILES string of the molecule is CC(C)(C)CC1C(C(=O)O)NC(c2cccc(Cl)c2)C1(C#N)c1ccc(Cl)cc1. The maximum atomic E-state index is 12.2. The Labute approximate surface area is 181 Å². The normalized spacial score (nSPS) is 26.8. The highest BCUT2D eigenvalue weighted by molar-refractivity contribution is 6.30. The van der Waals surface area contributed by atoms with E-state index in [9.17, 15) is 15.2 Å². The number of nitrogens with zero attached hydrogens (tertiary/aromatic N) is 1. The average Bonchev–Trinajstić information content (AvgIpc) is 2.96. The third-order valence-corrected chi connectivity index (χ3v) is 6.06. The molecule has 4 nitrogen and oxygen atoms in total. The lowest BCUT2D eigenvalue weighted by Gasteiger charge is -2.37. The Morgan fingerprint density at radius 2 is 1.83 bits per heavy atom. The lowest BCUT2D eigenvalue weighted by molar-refractivity contribution is -0.140. The Balaban J connectivity index is 2.27. The zero-order chi connectivity index (χ0) is 21.4. The number of hydrogen-bond donors (Lipinski definition) is 2. The van der Waals surface area contributed by atoms with Gasteiger partial charge in [-0.1, -0.05) is 68.2 Å². The number of nitrogens with one attached hydrogen (secondary N) is 1. The van der Waals surface area contributed by atoms with E-state index in [1.807, 2.05) is 24.3 Å². The molecule has 0 amide bonds. The minimum absolute atomic E-state index is 0.169. The first kappa shape index (κ1) is 21.6. The molecule has 4 unspecified atom stereocenters. The Kier molecular flexibility index (Phi) is 5.96. The van der Waals surface area contributed by atoms with Crippen molar-refractivity contribution in [3.8, 4) is 6.07 Å². The van der Waals surface area contributed by atoms with Crippen molar-refractivity contribution in [1.82, 2.24) is 5.32 Å². The zero-order valence-corrected chi connectivity index (χ0v) is 18.1. The topological polar surface area (TPSA) is 73.1 Å². The summed E-state index contributed by atoms with van der Waals surface area (Å²) in [5.74, 6) is -1.41. The van der Waals surface area contributed by atoms with E-state index in [2.05, 4.69) is 32.2 Å². The van der Waals surface area contributed by atoms with Gasteiger partial charge in [-0.05, 0) is 47.2 Å². The Morgan fingerprint density at radius 3 is 2.34 bits per heavy atom. The van der Waals surface area contributed by atoms with Crippen LogP contribution in [0.1, 0.15) is 44.4 Å². The number of aliphatic carboxylic acids is 1. The maximum absolute atomic E-state index is 12.2. The predicted molar refractivity (Wildman–Crippen MR) is 115 cm³/mol. The van der Waals surface area contributed by atoms with Gasteiger partial charge in [0.15, 0.2) is 0 Å². The molecule has 4 atom stereocenters. The van der Waals surface area contributed by atoms with E-state index in [-0.39, 0.29) is 5.41 Å². The molecule has 1 aliphatic rings. The Hall–Kier alpha value is -2.06. The van der Waals surface area contributed by atoms with Crippen LogP contribution in [0, 0.1) is 22.7 Å². The van der Waals surface area contributed by atoms with E-state index in [1.54, 1.807) is 24.3 Å². The number of nitriles is 1. The van der Waals surface area contributed by atoms with Gasteiger partial charge in [0, 0.05) is 16.0 Å². The predicted octanol–water partition coefficient (Wildman–Crippen LogP) is 5.60. The second-order valence-electron chi connectivity index (χ2n) is 8.83. The van der Waals surface area contributed by atoms with E-state index < -0.39 is 29.4 Å². The molecule has 152 valence electrons. The van der Waals surface area contributed by atoms with E-state index in [0.29, 0.717) is 16.5 Å². The highest BCUT2D eigenvalue weighted by atomic mass is 35.5.